The number of nitrogens with one attached hydrogen (secondary N) is 1. The summed E-state index contributed by atoms with van der Waals surface area (Å²) in [5.74, 6) is 1.66. The summed E-state index contributed by atoms with van der Waals surface area (Å²) in [6, 6.07) is 16.2. The van der Waals surface area contributed by atoms with Gasteiger partial charge in [-0.3, -0.25) is 9.59 Å². The highest BCUT2D eigenvalue weighted by Gasteiger charge is 2.46. The topological polar surface area (TPSA) is 86.3 Å². The van der Waals surface area contributed by atoms with E-state index in [1.165, 1.54) is 0 Å². The zero-order valence-electron chi connectivity index (χ0n) is 21.4. The molecule has 0 spiro atoms. The third-order valence-corrected chi connectivity index (χ3v) is 7.25. The molecule has 5 rings (SSSR count). The van der Waals surface area contributed by atoms with E-state index in [9.17, 15) is 9.59 Å². The fourth-order valence-corrected chi connectivity index (χ4v) is 5.45. The van der Waals surface area contributed by atoms with Crippen LogP contribution < -0.4 is 24.3 Å². The lowest BCUT2D eigenvalue weighted by atomic mass is 9.75. The van der Waals surface area contributed by atoms with Crippen LogP contribution in [-0.2, 0) is 17.8 Å². The fraction of sp³-hybridized carbons (Fsp3) is 0.310. The van der Waals surface area contributed by atoms with E-state index in [-0.39, 0.29) is 18.4 Å². The number of rotatable bonds is 7. The third-order valence-electron chi connectivity index (χ3n) is 7.25. The summed E-state index contributed by atoms with van der Waals surface area (Å²) in [4.78, 5) is 29.3. The Bertz CT molecular complexity index is 1350. The molecule has 1 N–H and O–H groups in total. The Morgan fingerprint density at radius 3 is 2.35 bits per heavy atom. The first-order valence-electron chi connectivity index (χ1n) is 12.1. The van der Waals surface area contributed by atoms with E-state index in [2.05, 4.69) is 5.32 Å². The van der Waals surface area contributed by atoms with Crippen molar-refractivity contribution in [3.05, 3.63) is 82.4 Å². The molecule has 0 saturated carbocycles. The molecule has 192 valence electrons. The maximum absolute atomic E-state index is 14.0. The molecule has 8 nitrogen and oxygen atoms in total. The maximum Gasteiger partial charge on any atom is 0.254 e. The Balaban J connectivity index is 1.56. The number of fused-ring (bicyclic) bond motifs is 4. The van der Waals surface area contributed by atoms with E-state index < -0.39 is 12.0 Å². The molecule has 2 aliphatic rings. The molecule has 3 aromatic rings. The molecule has 0 fully saturated rings. The van der Waals surface area contributed by atoms with E-state index >= 15 is 0 Å². The number of hydrogen-bond acceptors (Lipinski definition) is 6. The number of nitrogens with zero attached hydrogens (tertiary/aromatic N) is 1. The van der Waals surface area contributed by atoms with Crippen LogP contribution in [0.2, 0.25) is 0 Å². The van der Waals surface area contributed by atoms with E-state index in [1.54, 1.807) is 34.5 Å². The second-order valence-corrected chi connectivity index (χ2v) is 9.06. The Morgan fingerprint density at radius 2 is 1.62 bits per heavy atom. The van der Waals surface area contributed by atoms with Crippen LogP contribution in [0.25, 0.3) is 0 Å². The summed E-state index contributed by atoms with van der Waals surface area (Å²) in [5.41, 5.74) is 4.00. The van der Waals surface area contributed by atoms with Gasteiger partial charge in [-0.05, 0) is 59.5 Å². The van der Waals surface area contributed by atoms with Crippen molar-refractivity contribution in [3.63, 3.8) is 0 Å². The van der Waals surface area contributed by atoms with E-state index in [0.717, 1.165) is 16.7 Å². The van der Waals surface area contributed by atoms with Gasteiger partial charge in [-0.15, -0.1) is 0 Å². The molecule has 3 aromatic carbocycles. The molecule has 0 saturated heterocycles. The van der Waals surface area contributed by atoms with Crippen molar-refractivity contribution in [2.24, 2.45) is 0 Å². The first kappa shape index (κ1) is 24.5. The SMILES string of the molecule is COc1ccc(OC)c(CNC(=O)[C@@H]2c3ccccc3C(=O)N3CCc4cc(OC)c(OC)cc4[C@H]23)c1. The molecule has 37 heavy (non-hydrogen) atoms. The van der Waals surface area contributed by atoms with Crippen molar-refractivity contribution < 1.29 is 28.5 Å². The molecule has 2 atom stereocenters. The van der Waals surface area contributed by atoms with Crippen molar-refractivity contribution in [1.29, 1.82) is 0 Å². The summed E-state index contributed by atoms with van der Waals surface area (Å²) >= 11 is 0. The molecule has 8 heteroatoms. The Morgan fingerprint density at radius 1 is 0.892 bits per heavy atom. The molecule has 0 aliphatic carbocycles. The standard InChI is InChI=1S/C29H30N2O6/c1-34-19-9-10-23(35-2)18(13-19)16-30-28(32)26-20-7-5-6-8-21(20)29(33)31-12-11-17-14-24(36-3)25(37-4)15-22(17)27(26)31/h5-10,13-15,26-27H,11-12,16H2,1-4H3,(H,30,32)/t26-,27-/m1/s1. The average molecular weight is 503 g/mol. The van der Waals surface area contributed by atoms with Crippen LogP contribution in [-0.4, -0.2) is 51.7 Å². The van der Waals surface area contributed by atoms with Crippen LogP contribution in [0.3, 0.4) is 0 Å². The van der Waals surface area contributed by atoms with Crippen LogP contribution in [0.15, 0.2) is 54.6 Å². The maximum atomic E-state index is 14.0. The summed E-state index contributed by atoms with van der Waals surface area (Å²) < 4.78 is 21.9. The van der Waals surface area contributed by atoms with Crippen LogP contribution >= 0.6 is 0 Å². The van der Waals surface area contributed by atoms with Crippen LogP contribution in [0.1, 0.15) is 44.6 Å². The van der Waals surface area contributed by atoms with E-state index in [4.69, 9.17) is 18.9 Å². The molecule has 0 radical (unpaired) electrons. The highest BCUT2D eigenvalue weighted by Crippen LogP contribution is 2.48. The minimum atomic E-state index is -0.609. The number of ether oxygens (including phenoxy) is 4. The highest BCUT2D eigenvalue weighted by atomic mass is 16.5. The lowest BCUT2D eigenvalue weighted by Crippen LogP contribution is -2.50. The zero-order chi connectivity index (χ0) is 26.1. The minimum absolute atomic E-state index is 0.0699. The Hall–Kier alpha value is -4.20. The van der Waals surface area contributed by atoms with Crippen molar-refractivity contribution in [2.75, 3.05) is 35.0 Å². The van der Waals surface area contributed by atoms with Crippen molar-refractivity contribution in [3.8, 4) is 23.0 Å². The number of methoxy groups -OCH3 is 4. The summed E-state index contributed by atoms with van der Waals surface area (Å²) in [5, 5.41) is 3.10. The zero-order valence-corrected chi connectivity index (χ0v) is 21.4. The van der Waals surface area contributed by atoms with Crippen molar-refractivity contribution in [2.45, 2.75) is 24.9 Å². The number of carbonyl (C=O) groups excluding carboxylic acids is 2. The van der Waals surface area contributed by atoms with E-state index in [0.29, 0.717) is 47.1 Å². The van der Waals surface area contributed by atoms with Gasteiger partial charge in [0.15, 0.2) is 11.5 Å². The van der Waals surface area contributed by atoms with Gasteiger partial charge in [0, 0.05) is 24.2 Å². The second-order valence-electron chi connectivity index (χ2n) is 9.06. The van der Waals surface area contributed by atoms with Gasteiger partial charge in [-0.25, -0.2) is 0 Å². The average Bonchev–Trinajstić information content (AvgIpc) is 2.95. The highest BCUT2D eigenvalue weighted by molar-refractivity contribution is 6.01. The largest absolute Gasteiger partial charge is 0.497 e. The van der Waals surface area contributed by atoms with Crippen LogP contribution in [0, 0.1) is 0 Å². The van der Waals surface area contributed by atoms with Crippen molar-refractivity contribution >= 4 is 11.8 Å². The van der Waals surface area contributed by atoms with Gasteiger partial charge in [0.05, 0.1) is 40.4 Å². The quantitative estimate of drug-likeness (QED) is 0.528. The lowest BCUT2D eigenvalue weighted by Gasteiger charge is -2.45. The third kappa shape index (κ3) is 4.22. The molecule has 0 bridgehead atoms. The molecular formula is C29H30N2O6. The van der Waals surface area contributed by atoms with Gasteiger partial charge in [0.25, 0.3) is 5.91 Å². The fourth-order valence-electron chi connectivity index (χ4n) is 5.45. The number of benzene rings is 3. The van der Waals surface area contributed by atoms with Gasteiger partial charge >= 0.3 is 0 Å². The predicted octanol–water partition coefficient (Wildman–Crippen LogP) is 3.87. The van der Waals surface area contributed by atoms with Gasteiger partial charge < -0.3 is 29.2 Å². The lowest BCUT2D eigenvalue weighted by molar-refractivity contribution is -0.124. The second kappa shape index (κ2) is 10.0. The Kier molecular flexibility index (Phi) is 6.65. The number of hydrogen-bond donors (Lipinski definition) is 1. The molecule has 0 unspecified atom stereocenters. The number of carbonyl (C=O) groups is 2. The molecule has 2 heterocycles. The Labute approximate surface area is 216 Å². The van der Waals surface area contributed by atoms with Crippen LogP contribution in [0.5, 0.6) is 23.0 Å². The number of amides is 2. The molecule has 2 amide bonds. The molecule has 2 aliphatic heterocycles. The van der Waals surface area contributed by atoms with Gasteiger partial charge in [-0.2, -0.15) is 0 Å². The summed E-state index contributed by atoms with van der Waals surface area (Å²) in [6.07, 6.45) is 0.662. The van der Waals surface area contributed by atoms with E-state index in [1.807, 2.05) is 53.4 Å². The predicted molar refractivity (Wildman–Crippen MR) is 138 cm³/mol. The first-order chi connectivity index (χ1) is 18.0. The smallest absolute Gasteiger partial charge is 0.254 e. The molecule has 0 aromatic heterocycles. The summed E-state index contributed by atoms with van der Waals surface area (Å²) in [6.45, 7) is 0.755. The monoisotopic (exact) mass is 502 g/mol. The normalized spacial score (nSPS) is 17.7. The molecular weight excluding hydrogens is 472 g/mol. The van der Waals surface area contributed by atoms with Crippen LogP contribution in [0.4, 0.5) is 0 Å². The van der Waals surface area contributed by atoms with Gasteiger partial charge in [-0.1, -0.05) is 18.2 Å². The van der Waals surface area contributed by atoms with Gasteiger partial charge in [0.2, 0.25) is 5.91 Å². The van der Waals surface area contributed by atoms with Gasteiger partial charge in [0.1, 0.15) is 11.5 Å². The summed E-state index contributed by atoms with van der Waals surface area (Å²) in [7, 11) is 6.37. The van der Waals surface area contributed by atoms with Crippen molar-refractivity contribution in [1.82, 2.24) is 10.2 Å². The first-order valence-corrected chi connectivity index (χ1v) is 12.1. The minimum Gasteiger partial charge on any atom is -0.497 e.